The van der Waals surface area contributed by atoms with Crippen LogP contribution in [0.4, 0.5) is 5.69 Å². The Balaban J connectivity index is 1.62. The highest BCUT2D eigenvalue weighted by molar-refractivity contribution is 6.05. The number of amides is 2. The first-order valence-corrected chi connectivity index (χ1v) is 8.98. The number of carbonyl (C=O) groups is 2. The molecular weight excluding hydrogens is 354 g/mol. The summed E-state index contributed by atoms with van der Waals surface area (Å²) >= 11 is 0. The summed E-state index contributed by atoms with van der Waals surface area (Å²) in [5, 5.41) is 5.64. The van der Waals surface area contributed by atoms with Gasteiger partial charge in [0.1, 0.15) is 5.75 Å². The van der Waals surface area contributed by atoms with E-state index in [2.05, 4.69) is 15.6 Å². The third kappa shape index (κ3) is 4.94. The largest absolute Gasteiger partial charge is 0.492 e. The zero-order valence-electron chi connectivity index (χ0n) is 15.5. The second kappa shape index (κ2) is 9.32. The molecule has 0 saturated carbocycles. The fraction of sp³-hybridized carbons (Fsp3) is 0.136. The maximum atomic E-state index is 12.5. The molecule has 0 saturated heterocycles. The number of pyridine rings is 1. The van der Waals surface area contributed by atoms with E-state index < -0.39 is 0 Å². The van der Waals surface area contributed by atoms with Crippen LogP contribution in [0.2, 0.25) is 0 Å². The van der Waals surface area contributed by atoms with Crippen molar-refractivity contribution in [3.8, 4) is 5.75 Å². The molecule has 3 aromatic rings. The van der Waals surface area contributed by atoms with Crippen molar-refractivity contribution in [2.24, 2.45) is 0 Å². The number of ether oxygens (including phenoxy) is 1. The zero-order valence-corrected chi connectivity index (χ0v) is 15.5. The van der Waals surface area contributed by atoms with Crippen LogP contribution < -0.4 is 15.4 Å². The van der Waals surface area contributed by atoms with Crippen molar-refractivity contribution in [2.45, 2.75) is 13.5 Å². The lowest BCUT2D eigenvalue weighted by Crippen LogP contribution is -2.23. The Morgan fingerprint density at radius 2 is 1.57 bits per heavy atom. The second-order valence-corrected chi connectivity index (χ2v) is 5.96. The molecule has 2 N–H and O–H groups in total. The molecule has 2 aromatic carbocycles. The van der Waals surface area contributed by atoms with Gasteiger partial charge in [-0.2, -0.15) is 0 Å². The Bertz CT molecular complexity index is 941. The first-order valence-electron chi connectivity index (χ1n) is 8.98. The molecule has 2 amide bonds. The number of para-hydroxylation sites is 2. The van der Waals surface area contributed by atoms with Crippen molar-refractivity contribution >= 4 is 17.5 Å². The van der Waals surface area contributed by atoms with E-state index >= 15 is 0 Å². The first-order chi connectivity index (χ1) is 13.7. The molecule has 0 aliphatic heterocycles. The molecule has 3 rings (SSSR count). The molecule has 0 unspecified atom stereocenters. The van der Waals surface area contributed by atoms with Gasteiger partial charge in [-0.05, 0) is 55.5 Å². The third-order valence-electron chi connectivity index (χ3n) is 4.00. The SMILES string of the molecule is CCOc1ccccc1NC(=O)c1ccc(C(=O)NCc2ccccn2)cc1. The molecule has 0 atom stereocenters. The second-order valence-electron chi connectivity index (χ2n) is 5.96. The minimum atomic E-state index is -0.271. The number of nitrogens with zero attached hydrogens (tertiary/aromatic N) is 1. The maximum absolute atomic E-state index is 12.5. The first kappa shape index (κ1) is 19.1. The molecular formula is C22H21N3O3. The molecule has 6 nitrogen and oxygen atoms in total. The summed E-state index contributed by atoms with van der Waals surface area (Å²) in [6.07, 6.45) is 1.68. The molecule has 6 heteroatoms. The highest BCUT2D eigenvalue weighted by atomic mass is 16.5. The van der Waals surface area contributed by atoms with Gasteiger partial charge in [-0.15, -0.1) is 0 Å². The van der Waals surface area contributed by atoms with Crippen molar-refractivity contribution in [1.82, 2.24) is 10.3 Å². The Morgan fingerprint density at radius 3 is 2.25 bits per heavy atom. The van der Waals surface area contributed by atoms with Gasteiger partial charge >= 0.3 is 0 Å². The van der Waals surface area contributed by atoms with Crippen molar-refractivity contribution < 1.29 is 14.3 Å². The predicted octanol–water partition coefficient (Wildman–Crippen LogP) is 3.66. The minimum absolute atomic E-state index is 0.223. The van der Waals surface area contributed by atoms with Crippen LogP contribution in [0.25, 0.3) is 0 Å². The van der Waals surface area contributed by atoms with E-state index in [0.29, 0.717) is 35.7 Å². The standard InChI is InChI=1S/C22H21N3O3/c1-2-28-20-9-4-3-8-19(20)25-22(27)17-12-10-16(11-13-17)21(26)24-15-18-7-5-6-14-23-18/h3-14H,2,15H2,1H3,(H,24,26)(H,25,27). The molecule has 0 fully saturated rings. The van der Waals surface area contributed by atoms with E-state index in [4.69, 9.17) is 4.74 Å². The van der Waals surface area contributed by atoms with Gasteiger partial charge in [0.2, 0.25) is 0 Å². The van der Waals surface area contributed by atoms with Crippen LogP contribution in [0.3, 0.4) is 0 Å². The van der Waals surface area contributed by atoms with Gasteiger partial charge in [0.05, 0.1) is 24.5 Å². The van der Waals surface area contributed by atoms with E-state index in [1.54, 1.807) is 42.6 Å². The number of hydrogen-bond donors (Lipinski definition) is 2. The summed E-state index contributed by atoms with van der Waals surface area (Å²) in [6.45, 7) is 2.74. The lowest BCUT2D eigenvalue weighted by molar-refractivity contribution is 0.0948. The summed E-state index contributed by atoms with van der Waals surface area (Å²) in [4.78, 5) is 28.9. The molecule has 1 heterocycles. The maximum Gasteiger partial charge on any atom is 0.255 e. The molecule has 28 heavy (non-hydrogen) atoms. The van der Waals surface area contributed by atoms with Gasteiger partial charge in [0.15, 0.2) is 0 Å². The van der Waals surface area contributed by atoms with Gasteiger partial charge in [0, 0.05) is 17.3 Å². The lowest BCUT2D eigenvalue weighted by Gasteiger charge is -2.11. The van der Waals surface area contributed by atoms with Crippen LogP contribution in [-0.4, -0.2) is 23.4 Å². The average molecular weight is 375 g/mol. The van der Waals surface area contributed by atoms with E-state index in [1.807, 2.05) is 37.3 Å². The van der Waals surface area contributed by atoms with Crippen LogP contribution in [0.5, 0.6) is 5.75 Å². The summed E-state index contributed by atoms with van der Waals surface area (Å²) < 4.78 is 5.51. The Morgan fingerprint density at radius 1 is 0.893 bits per heavy atom. The fourth-order valence-electron chi connectivity index (χ4n) is 2.59. The van der Waals surface area contributed by atoms with Crippen molar-refractivity contribution in [3.05, 3.63) is 89.7 Å². The summed E-state index contributed by atoms with van der Waals surface area (Å²) in [6, 6.07) is 19.3. The molecule has 0 radical (unpaired) electrons. The number of hydrogen-bond acceptors (Lipinski definition) is 4. The van der Waals surface area contributed by atoms with Crippen molar-refractivity contribution in [2.75, 3.05) is 11.9 Å². The van der Waals surface area contributed by atoms with Crippen molar-refractivity contribution in [1.29, 1.82) is 0 Å². The van der Waals surface area contributed by atoms with Gasteiger partial charge in [0.25, 0.3) is 11.8 Å². The van der Waals surface area contributed by atoms with E-state index in [9.17, 15) is 9.59 Å². The summed E-state index contributed by atoms with van der Waals surface area (Å²) in [5.74, 6) is 0.121. The Hall–Kier alpha value is -3.67. The third-order valence-corrected chi connectivity index (χ3v) is 4.00. The van der Waals surface area contributed by atoms with E-state index in [1.165, 1.54) is 0 Å². The monoisotopic (exact) mass is 375 g/mol. The zero-order chi connectivity index (χ0) is 19.8. The number of rotatable bonds is 7. The molecule has 0 spiro atoms. The number of benzene rings is 2. The highest BCUT2D eigenvalue weighted by Gasteiger charge is 2.11. The van der Waals surface area contributed by atoms with Gasteiger partial charge in [-0.1, -0.05) is 18.2 Å². The summed E-state index contributed by atoms with van der Waals surface area (Å²) in [7, 11) is 0. The molecule has 0 aliphatic carbocycles. The highest BCUT2D eigenvalue weighted by Crippen LogP contribution is 2.24. The smallest absolute Gasteiger partial charge is 0.255 e. The topological polar surface area (TPSA) is 80.3 Å². The van der Waals surface area contributed by atoms with Gasteiger partial charge < -0.3 is 15.4 Å². The number of carbonyl (C=O) groups excluding carboxylic acids is 2. The predicted molar refractivity (Wildman–Crippen MR) is 107 cm³/mol. The Labute approximate surface area is 163 Å². The van der Waals surface area contributed by atoms with Gasteiger partial charge in [-0.25, -0.2) is 0 Å². The van der Waals surface area contributed by atoms with E-state index in [-0.39, 0.29) is 11.8 Å². The molecule has 142 valence electrons. The Kier molecular flexibility index (Phi) is 6.36. The number of nitrogens with one attached hydrogen (secondary N) is 2. The molecule has 1 aromatic heterocycles. The molecule has 0 bridgehead atoms. The minimum Gasteiger partial charge on any atom is -0.492 e. The summed E-state index contributed by atoms with van der Waals surface area (Å²) in [5.41, 5.74) is 2.31. The van der Waals surface area contributed by atoms with Crippen LogP contribution in [0.15, 0.2) is 72.9 Å². The fourth-order valence-corrected chi connectivity index (χ4v) is 2.59. The van der Waals surface area contributed by atoms with Crippen LogP contribution >= 0.6 is 0 Å². The molecule has 0 aliphatic rings. The number of anilines is 1. The van der Waals surface area contributed by atoms with Crippen LogP contribution in [0, 0.1) is 0 Å². The normalized spacial score (nSPS) is 10.2. The average Bonchev–Trinajstić information content (AvgIpc) is 2.74. The van der Waals surface area contributed by atoms with E-state index in [0.717, 1.165) is 5.69 Å². The quantitative estimate of drug-likeness (QED) is 0.660. The van der Waals surface area contributed by atoms with Crippen molar-refractivity contribution in [3.63, 3.8) is 0 Å². The lowest BCUT2D eigenvalue weighted by atomic mass is 10.1. The van der Waals surface area contributed by atoms with Gasteiger partial charge in [-0.3, -0.25) is 14.6 Å². The van der Waals surface area contributed by atoms with Crippen LogP contribution in [-0.2, 0) is 6.54 Å². The number of aromatic nitrogens is 1. The van der Waals surface area contributed by atoms with Crippen LogP contribution in [0.1, 0.15) is 33.3 Å².